The van der Waals surface area contributed by atoms with Gasteiger partial charge in [-0.2, -0.15) is 0 Å². The second-order valence-electron chi connectivity index (χ2n) is 4.53. The Kier molecular flexibility index (Phi) is 3.10. The van der Waals surface area contributed by atoms with Crippen molar-refractivity contribution in [2.24, 2.45) is 11.0 Å². The third kappa shape index (κ3) is 2.52. The Hall–Kier alpha value is -1.55. The Labute approximate surface area is 96.3 Å². The van der Waals surface area contributed by atoms with E-state index in [0.29, 0.717) is 5.92 Å². The number of amidine groups is 1. The average molecular weight is 218 g/mol. The van der Waals surface area contributed by atoms with Gasteiger partial charge < -0.3 is 0 Å². The summed E-state index contributed by atoms with van der Waals surface area (Å²) in [7, 11) is 1.88. The van der Waals surface area contributed by atoms with Crippen LogP contribution in [0.15, 0.2) is 29.4 Å². The van der Waals surface area contributed by atoms with Crippen molar-refractivity contribution in [3.63, 3.8) is 0 Å². The number of hydrazine groups is 2. The zero-order valence-corrected chi connectivity index (χ0v) is 9.99. The summed E-state index contributed by atoms with van der Waals surface area (Å²) in [5.74, 6) is 1.55. The molecule has 0 aromatic heterocycles. The van der Waals surface area contributed by atoms with Gasteiger partial charge in [0.15, 0.2) is 5.84 Å². The molecular weight excluding hydrogens is 200 g/mol. The normalized spacial score (nSPS) is 15.9. The summed E-state index contributed by atoms with van der Waals surface area (Å²) >= 11 is 0. The summed E-state index contributed by atoms with van der Waals surface area (Å²) in [5, 5.41) is 5.88. The van der Waals surface area contributed by atoms with Gasteiger partial charge in [0.2, 0.25) is 0 Å². The van der Waals surface area contributed by atoms with E-state index in [9.17, 15) is 0 Å². The first kappa shape index (κ1) is 11.0. The molecule has 0 fully saturated rings. The van der Waals surface area contributed by atoms with Crippen molar-refractivity contribution in [2.45, 2.75) is 20.3 Å². The van der Waals surface area contributed by atoms with E-state index in [1.807, 2.05) is 7.05 Å². The van der Waals surface area contributed by atoms with Crippen LogP contribution in [-0.4, -0.2) is 18.0 Å². The lowest BCUT2D eigenvalue weighted by Gasteiger charge is -2.09. The van der Waals surface area contributed by atoms with Crippen LogP contribution in [0.25, 0.3) is 0 Å². The molecule has 0 spiro atoms. The molecular formula is C12H18N4. The van der Waals surface area contributed by atoms with Gasteiger partial charge in [0, 0.05) is 12.6 Å². The van der Waals surface area contributed by atoms with E-state index >= 15 is 0 Å². The Morgan fingerprint density at radius 1 is 1.25 bits per heavy atom. The highest BCUT2D eigenvalue weighted by molar-refractivity contribution is 5.98. The molecule has 16 heavy (non-hydrogen) atoms. The fourth-order valence-electron chi connectivity index (χ4n) is 1.73. The van der Waals surface area contributed by atoms with Gasteiger partial charge in [-0.05, 0) is 17.9 Å². The first-order valence-corrected chi connectivity index (χ1v) is 5.58. The summed E-state index contributed by atoms with van der Waals surface area (Å²) in [6, 6.07) is 8.53. The minimum absolute atomic E-state index is 0.695. The van der Waals surface area contributed by atoms with Gasteiger partial charge in [0.05, 0.1) is 0 Å². The van der Waals surface area contributed by atoms with Crippen LogP contribution >= 0.6 is 0 Å². The van der Waals surface area contributed by atoms with E-state index < -0.39 is 0 Å². The molecule has 2 N–H and O–H groups in total. The monoisotopic (exact) mass is 218 g/mol. The van der Waals surface area contributed by atoms with E-state index in [2.05, 4.69) is 54.2 Å². The van der Waals surface area contributed by atoms with Gasteiger partial charge in [-0.15, -0.1) is 10.2 Å². The van der Waals surface area contributed by atoms with Crippen molar-refractivity contribution < 1.29 is 0 Å². The Bertz CT molecular complexity index is 381. The Morgan fingerprint density at radius 3 is 2.44 bits per heavy atom. The summed E-state index contributed by atoms with van der Waals surface area (Å²) in [6.45, 7) is 4.46. The molecule has 1 aliphatic rings. The van der Waals surface area contributed by atoms with E-state index in [0.717, 1.165) is 17.8 Å². The predicted molar refractivity (Wildman–Crippen MR) is 65.6 cm³/mol. The van der Waals surface area contributed by atoms with Crippen molar-refractivity contribution in [1.82, 2.24) is 16.1 Å². The topological polar surface area (TPSA) is 39.7 Å². The molecule has 0 saturated carbocycles. The summed E-state index contributed by atoms with van der Waals surface area (Å²) in [6.07, 6.45) is 1.12. The van der Waals surface area contributed by atoms with Crippen LogP contribution in [0.1, 0.15) is 25.0 Å². The van der Waals surface area contributed by atoms with Crippen molar-refractivity contribution in [3.05, 3.63) is 35.4 Å². The zero-order chi connectivity index (χ0) is 11.5. The second kappa shape index (κ2) is 4.53. The SMILES string of the molecule is CC(C)Cc1ccc(C2=NNN(C)N2)cc1. The fourth-order valence-corrected chi connectivity index (χ4v) is 1.73. The first-order chi connectivity index (χ1) is 7.65. The number of nitrogens with one attached hydrogen (secondary N) is 2. The third-order valence-electron chi connectivity index (χ3n) is 2.46. The van der Waals surface area contributed by atoms with Crippen molar-refractivity contribution >= 4 is 5.84 Å². The van der Waals surface area contributed by atoms with Crippen LogP contribution in [0, 0.1) is 5.92 Å². The number of nitrogens with zero attached hydrogens (tertiary/aromatic N) is 2. The van der Waals surface area contributed by atoms with E-state index in [-0.39, 0.29) is 0 Å². The highest BCUT2D eigenvalue weighted by Crippen LogP contribution is 2.10. The molecule has 1 aromatic rings. The lowest BCUT2D eigenvalue weighted by atomic mass is 10.0. The fraction of sp³-hybridized carbons (Fsp3) is 0.417. The molecule has 0 aliphatic carbocycles. The quantitative estimate of drug-likeness (QED) is 0.807. The van der Waals surface area contributed by atoms with Gasteiger partial charge >= 0.3 is 0 Å². The molecule has 1 aromatic carbocycles. The van der Waals surface area contributed by atoms with Gasteiger partial charge in [-0.1, -0.05) is 38.1 Å². The van der Waals surface area contributed by atoms with Crippen molar-refractivity contribution in [2.75, 3.05) is 7.05 Å². The molecule has 0 amide bonds. The lowest BCUT2D eigenvalue weighted by molar-refractivity contribution is 0.232. The maximum absolute atomic E-state index is 4.16. The minimum atomic E-state index is 0.695. The summed E-state index contributed by atoms with van der Waals surface area (Å²) in [5.41, 5.74) is 8.40. The number of benzene rings is 1. The van der Waals surface area contributed by atoms with Crippen molar-refractivity contribution in [3.8, 4) is 0 Å². The Balaban J connectivity index is 2.08. The highest BCUT2D eigenvalue weighted by Gasteiger charge is 2.11. The van der Waals surface area contributed by atoms with Crippen LogP contribution in [-0.2, 0) is 6.42 Å². The zero-order valence-electron chi connectivity index (χ0n) is 9.99. The number of hydrazone groups is 1. The molecule has 1 aliphatic heterocycles. The molecule has 4 heteroatoms. The van der Waals surface area contributed by atoms with Crippen LogP contribution in [0.5, 0.6) is 0 Å². The van der Waals surface area contributed by atoms with E-state index in [1.54, 1.807) is 5.12 Å². The highest BCUT2D eigenvalue weighted by atomic mass is 15.9. The number of hydrogen-bond donors (Lipinski definition) is 2. The Morgan fingerprint density at radius 2 is 1.94 bits per heavy atom. The molecule has 0 bridgehead atoms. The van der Waals surface area contributed by atoms with Crippen LogP contribution in [0.2, 0.25) is 0 Å². The van der Waals surface area contributed by atoms with Gasteiger partial charge in [0.25, 0.3) is 0 Å². The van der Waals surface area contributed by atoms with Gasteiger partial charge in [0.1, 0.15) is 0 Å². The lowest BCUT2D eigenvalue weighted by Crippen LogP contribution is -2.37. The first-order valence-electron chi connectivity index (χ1n) is 5.58. The molecule has 0 unspecified atom stereocenters. The van der Waals surface area contributed by atoms with Crippen LogP contribution < -0.4 is 11.0 Å². The minimum Gasteiger partial charge on any atom is -0.282 e. The maximum Gasteiger partial charge on any atom is 0.170 e. The molecule has 0 saturated heterocycles. The number of hydrogen-bond acceptors (Lipinski definition) is 4. The van der Waals surface area contributed by atoms with Crippen LogP contribution in [0.3, 0.4) is 0 Å². The molecule has 0 radical (unpaired) electrons. The smallest absolute Gasteiger partial charge is 0.170 e. The maximum atomic E-state index is 4.16. The molecule has 1 heterocycles. The third-order valence-corrected chi connectivity index (χ3v) is 2.46. The molecule has 86 valence electrons. The van der Waals surface area contributed by atoms with E-state index in [1.165, 1.54) is 5.56 Å². The van der Waals surface area contributed by atoms with Gasteiger partial charge in [-0.3, -0.25) is 5.43 Å². The summed E-state index contributed by atoms with van der Waals surface area (Å²) < 4.78 is 0. The second-order valence-corrected chi connectivity index (χ2v) is 4.53. The molecule has 0 atom stereocenters. The molecule has 2 rings (SSSR count). The summed E-state index contributed by atoms with van der Waals surface area (Å²) in [4.78, 5) is 0. The van der Waals surface area contributed by atoms with Gasteiger partial charge in [-0.25, -0.2) is 5.53 Å². The van der Waals surface area contributed by atoms with E-state index in [4.69, 9.17) is 0 Å². The molecule has 4 nitrogen and oxygen atoms in total. The average Bonchev–Trinajstić information content (AvgIpc) is 2.65. The largest absolute Gasteiger partial charge is 0.282 e. The number of rotatable bonds is 3. The predicted octanol–water partition coefficient (Wildman–Crippen LogP) is 1.50. The standard InChI is InChI=1S/C12H18N4/c1-9(2)8-10-4-6-11(7-5-10)12-13-15-16(3)14-12/h4-7,9,15H,8H2,1-3H3,(H,13,14). The van der Waals surface area contributed by atoms with Crippen molar-refractivity contribution in [1.29, 1.82) is 0 Å². The van der Waals surface area contributed by atoms with Crippen LogP contribution in [0.4, 0.5) is 0 Å².